The molecule has 0 aliphatic heterocycles. The summed E-state index contributed by atoms with van der Waals surface area (Å²) in [6, 6.07) is 20.1. The van der Waals surface area contributed by atoms with Gasteiger partial charge in [-0.1, -0.05) is 54.1 Å². The SMILES string of the molecule is Cc1cc(C)c(C(=O)c2ccc(-c3nc4ccccc4s3)cc2)c(C)c1. The van der Waals surface area contributed by atoms with Gasteiger partial charge in [0.1, 0.15) is 5.01 Å². The molecule has 0 unspecified atom stereocenters. The number of para-hydroxylation sites is 1. The van der Waals surface area contributed by atoms with Crippen molar-refractivity contribution in [1.82, 2.24) is 4.98 Å². The topological polar surface area (TPSA) is 30.0 Å². The number of ketones is 1. The molecule has 0 bridgehead atoms. The molecule has 0 radical (unpaired) electrons. The van der Waals surface area contributed by atoms with E-state index in [9.17, 15) is 4.79 Å². The highest BCUT2D eigenvalue weighted by atomic mass is 32.1. The molecule has 1 heterocycles. The van der Waals surface area contributed by atoms with Crippen molar-refractivity contribution in [3.8, 4) is 10.6 Å². The summed E-state index contributed by atoms with van der Waals surface area (Å²) in [6.07, 6.45) is 0. The van der Waals surface area contributed by atoms with Crippen molar-refractivity contribution in [2.24, 2.45) is 0 Å². The van der Waals surface area contributed by atoms with Gasteiger partial charge in [0, 0.05) is 16.7 Å². The third kappa shape index (κ3) is 2.95. The molecule has 128 valence electrons. The molecule has 4 rings (SSSR count). The minimum atomic E-state index is 0.0795. The van der Waals surface area contributed by atoms with E-state index in [-0.39, 0.29) is 5.78 Å². The van der Waals surface area contributed by atoms with Gasteiger partial charge in [0.15, 0.2) is 5.78 Å². The van der Waals surface area contributed by atoms with Gasteiger partial charge in [-0.15, -0.1) is 11.3 Å². The number of fused-ring (bicyclic) bond motifs is 1. The molecule has 0 aliphatic rings. The van der Waals surface area contributed by atoms with Crippen molar-refractivity contribution in [2.45, 2.75) is 20.8 Å². The van der Waals surface area contributed by atoms with E-state index in [0.29, 0.717) is 5.56 Å². The molecule has 0 saturated carbocycles. The van der Waals surface area contributed by atoms with E-state index in [1.54, 1.807) is 11.3 Å². The van der Waals surface area contributed by atoms with Crippen molar-refractivity contribution < 1.29 is 4.79 Å². The number of aromatic nitrogens is 1. The predicted molar refractivity (Wildman–Crippen MR) is 109 cm³/mol. The first-order valence-corrected chi connectivity index (χ1v) is 9.43. The van der Waals surface area contributed by atoms with Crippen LogP contribution in [0.5, 0.6) is 0 Å². The first-order chi connectivity index (χ1) is 12.5. The number of aryl methyl sites for hydroxylation is 3. The zero-order valence-electron chi connectivity index (χ0n) is 15.0. The number of rotatable bonds is 3. The molecule has 1 aromatic heterocycles. The summed E-state index contributed by atoms with van der Waals surface area (Å²) < 4.78 is 1.17. The number of hydrogen-bond donors (Lipinski definition) is 0. The van der Waals surface area contributed by atoms with Crippen molar-refractivity contribution in [3.05, 3.63) is 88.5 Å². The van der Waals surface area contributed by atoms with Crippen LogP contribution < -0.4 is 0 Å². The molecule has 0 saturated heterocycles. The highest BCUT2D eigenvalue weighted by Gasteiger charge is 2.15. The Morgan fingerprint density at radius 2 is 1.54 bits per heavy atom. The molecule has 26 heavy (non-hydrogen) atoms. The first kappa shape index (κ1) is 16.7. The molecule has 0 amide bonds. The zero-order chi connectivity index (χ0) is 18.3. The van der Waals surface area contributed by atoms with Gasteiger partial charge in [0.05, 0.1) is 10.2 Å². The molecule has 0 spiro atoms. The molecule has 0 fully saturated rings. The molecular weight excluding hydrogens is 338 g/mol. The van der Waals surface area contributed by atoms with Crippen LogP contribution in [0, 0.1) is 20.8 Å². The van der Waals surface area contributed by atoms with Gasteiger partial charge in [-0.25, -0.2) is 4.98 Å². The standard InChI is InChI=1S/C23H19NOS/c1-14-12-15(2)21(16(3)13-14)22(25)17-8-10-18(11-9-17)23-24-19-6-4-5-7-20(19)26-23/h4-13H,1-3H3. The Labute approximate surface area is 157 Å². The summed E-state index contributed by atoms with van der Waals surface area (Å²) in [4.78, 5) is 17.7. The number of hydrogen-bond acceptors (Lipinski definition) is 3. The minimum Gasteiger partial charge on any atom is -0.289 e. The quantitative estimate of drug-likeness (QED) is 0.413. The minimum absolute atomic E-state index is 0.0795. The van der Waals surface area contributed by atoms with E-state index in [1.165, 1.54) is 10.3 Å². The van der Waals surface area contributed by atoms with Crippen molar-refractivity contribution in [2.75, 3.05) is 0 Å². The number of nitrogens with zero attached hydrogens (tertiary/aromatic N) is 1. The molecule has 0 aliphatic carbocycles. The van der Waals surface area contributed by atoms with Gasteiger partial charge in [-0.2, -0.15) is 0 Å². The summed E-state index contributed by atoms with van der Waals surface area (Å²) in [7, 11) is 0. The van der Waals surface area contributed by atoms with E-state index >= 15 is 0 Å². The van der Waals surface area contributed by atoms with E-state index < -0.39 is 0 Å². The lowest BCUT2D eigenvalue weighted by Gasteiger charge is -2.10. The third-order valence-electron chi connectivity index (χ3n) is 4.59. The van der Waals surface area contributed by atoms with Crippen LogP contribution in [0.3, 0.4) is 0 Å². The van der Waals surface area contributed by atoms with Gasteiger partial charge in [-0.05, 0) is 44.0 Å². The normalized spacial score (nSPS) is 11.0. The second kappa shape index (κ2) is 6.50. The molecule has 3 heteroatoms. The summed E-state index contributed by atoms with van der Waals surface area (Å²) in [5, 5.41) is 0.980. The Morgan fingerprint density at radius 1 is 0.885 bits per heavy atom. The number of benzene rings is 3. The highest BCUT2D eigenvalue weighted by Crippen LogP contribution is 2.30. The highest BCUT2D eigenvalue weighted by molar-refractivity contribution is 7.21. The van der Waals surface area contributed by atoms with Crippen LogP contribution in [0.2, 0.25) is 0 Å². The smallest absolute Gasteiger partial charge is 0.193 e. The molecule has 0 N–H and O–H groups in total. The Bertz CT molecular complexity index is 1070. The summed E-state index contributed by atoms with van der Waals surface area (Å²) in [5.74, 6) is 0.0795. The lowest BCUT2D eigenvalue weighted by atomic mass is 9.93. The maximum atomic E-state index is 13.0. The fourth-order valence-electron chi connectivity index (χ4n) is 3.44. The van der Waals surface area contributed by atoms with Crippen LogP contribution in [0.1, 0.15) is 32.6 Å². The molecule has 3 aromatic carbocycles. The van der Waals surface area contributed by atoms with E-state index in [0.717, 1.165) is 32.8 Å². The predicted octanol–water partition coefficient (Wildman–Crippen LogP) is 6.12. The lowest BCUT2D eigenvalue weighted by Crippen LogP contribution is -2.06. The maximum absolute atomic E-state index is 13.0. The second-order valence-corrected chi connectivity index (χ2v) is 7.70. The van der Waals surface area contributed by atoms with Crippen molar-refractivity contribution in [3.63, 3.8) is 0 Å². The largest absolute Gasteiger partial charge is 0.289 e. The van der Waals surface area contributed by atoms with Crippen LogP contribution in [0.25, 0.3) is 20.8 Å². The van der Waals surface area contributed by atoms with Crippen molar-refractivity contribution in [1.29, 1.82) is 0 Å². The summed E-state index contributed by atoms with van der Waals surface area (Å²) >= 11 is 1.67. The Hall–Kier alpha value is -2.78. The average Bonchev–Trinajstić information content (AvgIpc) is 3.05. The van der Waals surface area contributed by atoms with Crippen LogP contribution in [-0.2, 0) is 0 Å². The van der Waals surface area contributed by atoms with E-state index in [4.69, 9.17) is 0 Å². The molecule has 0 atom stereocenters. The monoisotopic (exact) mass is 357 g/mol. The van der Waals surface area contributed by atoms with Crippen LogP contribution >= 0.6 is 11.3 Å². The number of carbonyl (C=O) groups is 1. The Kier molecular flexibility index (Phi) is 4.17. The molecule has 4 aromatic rings. The van der Waals surface area contributed by atoms with Crippen molar-refractivity contribution >= 4 is 27.3 Å². The van der Waals surface area contributed by atoms with Crippen LogP contribution in [0.4, 0.5) is 0 Å². The van der Waals surface area contributed by atoms with Gasteiger partial charge < -0.3 is 0 Å². The molecule has 2 nitrogen and oxygen atoms in total. The van der Waals surface area contributed by atoms with E-state index in [1.807, 2.05) is 56.3 Å². The zero-order valence-corrected chi connectivity index (χ0v) is 15.9. The maximum Gasteiger partial charge on any atom is 0.193 e. The van der Waals surface area contributed by atoms with Gasteiger partial charge in [0.25, 0.3) is 0 Å². The van der Waals surface area contributed by atoms with Gasteiger partial charge >= 0.3 is 0 Å². The average molecular weight is 357 g/mol. The Balaban J connectivity index is 1.68. The number of carbonyl (C=O) groups excluding carboxylic acids is 1. The van der Waals surface area contributed by atoms with Crippen LogP contribution in [-0.4, -0.2) is 10.8 Å². The van der Waals surface area contributed by atoms with Crippen LogP contribution in [0.15, 0.2) is 60.7 Å². The summed E-state index contributed by atoms with van der Waals surface area (Å²) in [6.45, 7) is 6.06. The van der Waals surface area contributed by atoms with Gasteiger partial charge in [0.2, 0.25) is 0 Å². The Morgan fingerprint density at radius 3 is 2.19 bits per heavy atom. The third-order valence-corrected chi connectivity index (χ3v) is 5.68. The van der Waals surface area contributed by atoms with E-state index in [2.05, 4.69) is 30.1 Å². The fourth-order valence-corrected chi connectivity index (χ4v) is 4.41. The lowest BCUT2D eigenvalue weighted by molar-refractivity contribution is 0.103. The fraction of sp³-hybridized carbons (Fsp3) is 0.130. The summed E-state index contributed by atoms with van der Waals surface area (Å²) in [5.41, 5.74) is 6.82. The molecular formula is C23H19NOS. The number of thiazole rings is 1. The first-order valence-electron chi connectivity index (χ1n) is 8.61. The second-order valence-electron chi connectivity index (χ2n) is 6.67. The van der Waals surface area contributed by atoms with Gasteiger partial charge in [-0.3, -0.25) is 4.79 Å².